The van der Waals surface area contributed by atoms with Crippen molar-refractivity contribution in [2.24, 2.45) is 0 Å². The molecule has 0 unspecified atom stereocenters. The Morgan fingerprint density at radius 1 is 1.27 bits per heavy atom. The van der Waals surface area contributed by atoms with Crippen LogP contribution in [0.1, 0.15) is 20.8 Å². The zero-order chi connectivity index (χ0) is 16.4. The van der Waals surface area contributed by atoms with Crippen LogP contribution in [0.2, 0.25) is 0 Å². The fraction of sp³-hybridized carbons (Fsp3) is 0.467. The summed E-state index contributed by atoms with van der Waals surface area (Å²) in [4.78, 5) is 27.5. The number of halogens is 1. The molecule has 0 aliphatic carbocycles. The molecule has 0 spiro atoms. The smallest absolute Gasteiger partial charge is 0.414 e. The first-order valence-corrected chi connectivity index (χ1v) is 7.79. The first-order valence-electron chi connectivity index (χ1n) is 7.00. The number of carbonyl (C=O) groups is 2. The van der Waals surface area contributed by atoms with Crippen molar-refractivity contribution in [2.75, 3.05) is 23.5 Å². The predicted molar refractivity (Wildman–Crippen MR) is 87.5 cm³/mol. The Morgan fingerprint density at radius 2 is 1.95 bits per heavy atom. The minimum absolute atomic E-state index is 0.211. The summed E-state index contributed by atoms with van der Waals surface area (Å²) in [6.45, 7) is 5.80. The van der Waals surface area contributed by atoms with Crippen LogP contribution >= 0.6 is 15.9 Å². The maximum absolute atomic E-state index is 12.3. The highest BCUT2D eigenvalue weighted by atomic mass is 79.9. The second kappa shape index (κ2) is 6.56. The number of ether oxygens (including phenoxy) is 2. The lowest BCUT2D eigenvalue weighted by atomic mass is 10.1. The highest BCUT2D eigenvalue weighted by molar-refractivity contribution is 9.10. The quantitative estimate of drug-likeness (QED) is 0.754. The lowest BCUT2D eigenvalue weighted by Crippen LogP contribution is -2.52. The minimum Gasteiger partial charge on any atom is -0.452 e. The van der Waals surface area contributed by atoms with Gasteiger partial charge in [-0.3, -0.25) is 9.80 Å². The van der Waals surface area contributed by atoms with Crippen molar-refractivity contribution >= 4 is 39.5 Å². The van der Waals surface area contributed by atoms with Gasteiger partial charge in [0.1, 0.15) is 0 Å². The van der Waals surface area contributed by atoms with Gasteiger partial charge in [0, 0.05) is 4.47 Å². The van der Waals surface area contributed by atoms with E-state index in [1.807, 2.05) is 13.0 Å². The third-order valence-electron chi connectivity index (χ3n) is 3.30. The highest BCUT2D eigenvalue weighted by Crippen LogP contribution is 2.38. The molecule has 2 rings (SSSR count). The molecule has 6 nitrogen and oxygen atoms in total. The van der Waals surface area contributed by atoms with Gasteiger partial charge in [0.25, 0.3) is 0 Å². The van der Waals surface area contributed by atoms with Crippen molar-refractivity contribution in [1.29, 1.82) is 0 Å². The van der Waals surface area contributed by atoms with Crippen LogP contribution in [0.15, 0.2) is 22.7 Å². The zero-order valence-electron chi connectivity index (χ0n) is 13.0. The van der Waals surface area contributed by atoms with Gasteiger partial charge in [-0.15, -0.1) is 0 Å². The van der Waals surface area contributed by atoms with Gasteiger partial charge >= 0.3 is 12.2 Å². The van der Waals surface area contributed by atoms with Crippen LogP contribution in [0, 0.1) is 0 Å². The summed E-state index contributed by atoms with van der Waals surface area (Å²) >= 11 is 3.39. The number of nitrogens with zero attached hydrogens (tertiary/aromatic N) is 2. The number of methoxy groups -OCH3 is 1. The number of anilines is 2. The third kappa shape index (κ3) is 3.19. The molecule has 0 N–H and O–H groups in total. The Labute approximate surface area is 138 Å². The monoisotopic (exact) mass is 370 g/mol. The molecule has 1 aromatic carbocycles. The summed E-state index contributed by atoms with van der Waals surface area (Å²) < 4.78 is 11.0. The first kappa shape index (κ1) is 16.6. The molecule has 0 fully saturated rings. The predicted octanol–water partition coefficient (Wildman–Crippen LogP) is 3.78. The van der Waals surface area contributed by atoms with E-state index >= 15 is 0 Å². The van der Waals surface area contributed by atoms with Gasteiger partial charge in [0.2, 0.25) is 0 Å². The Hall–Kier alpha value is -1.76. The van der Waals surface area contributed by atoms with Crippen LogP contribution in [0.4, 0.5) is 21.0 Å². The van der Waals surface area contributed by atoms with Crippen LogP contribution < -0.4 is 9.80 Å². The first-order chi connectivity index (χ1) is 10.3. The van der Waals surface area contributed by atoms with E-state index < -0.39 is 12.2 Å². The van der Waals surface area contributed by atoms with Crippen LogP contribution in [0.3, 0.4) is 0 Å². The summed E-state index contributed by atoms with van der Waals surface area (Å²) in [7, 11) is 1.34. The molecule has 7 heteroatoms. The van der Waals surface area contributed by atoms with Gasteiger partial charge in [-0.05, 0) is 39.0 Å². The van der Waals surface area contributed by atoms with Crippen molar-refractivity contribution in [2.45, 2.75) is 32.9 Å². The topological polar surface area (TPSA) is 59.1 Å². The zero-order valence-corrected chi connectivity index (χ0v) is 14.6. The maximum Gasteiger partial charge on any atom is 0.414 e. The van der Waals surface area contributed by atoms with Gasteiger partial charge < -0.3 is 9.47 Å². The van der Waals surface area contributed by atoms with Gasteiger partial charge in [-0.25, -0.2) is 9.59 Å². The molecule has 0 aromatic heterocycles. The second-order valence-electron chi connectivity index (χ2n) is 5.37. The maximum atomic E-state index is 12.3. The summed E-state index contributed by atoms with van der Waals surface area (Å²) in [5.74, 6) is 0. The fourth-order valence-electron chi connectivity index (χ4n) is 2.41. The molecule has 1 heterocycles. The standard InChI is InChI=1S/C15H19BrN2O4/c1-9(2)22-14(19)17-8-10(3)18(15(20)21-4)12-6-5-11(16)7-13(12)17/h5-7,9-10H,8H2,1-4H3/t10-/m0/s1. The minimum atomic E-state index is -0.451. The molecule has 1 aliphatic rings. The Balaban J connectivity index is 2.46. The molecular weight excluding hydrogens is 352 g/mol. The molecular formula is C15H19BrN2O4. The molecule has 120 valence electrons. The molecule has 0 saturated heterocycles. The molecule has 2 amide bonds. The molecule has 22 heavy (non-hydrogen) atoms. The number of carbonyl (C=O) groups excluding carboxylic acids is 2. The van der Waals surface area contributed by atoms with Crippen LogP contribution in [-0.4, -0.2) is 38.0 Å². The number of rotatable bonds is 1. The average molecular weight is 371 g/mol. The summed E-state index contributed by atoms with van der Waals surface area (Å²) in [6, 6.07) is 5.17. The summed E-state index contributed by atoms with van der Waals surface area (Å²) in [5, 5.41) is 0. The van der Waals surface area contributed by atoms with Gasteiger partial charge in [0.05, 0.1) is 37.2 Å². The number of hydrogen-bond donors (Lipinski definition) is 0. The van der Waals surface area contributed by atoms with Crippen molar-refractivity contribution in [1.82, 2.24) is 0 Å². The number of benzene rings is 1. The Morgan fingerprint density at radius 3 is 2.55 bits per heavy atom. The fourth-order valence-corrected chi connectivity index (χ4v) is 2.76. The molecule has 0 saturated carbocycles. The van der Waals surface area contributed by atoms with Gasteiger partial charge in [0.15, 0.2) is 0 Å². The molecule has 1 aromatic rings. The van der Waals surface area contributed by atoms with Crippen molar-refractivity contribution in [3.8, 4) is 0 Å². The van der Waals surface area contributed by atoms with E-state index in [0.29, 0.717) is 17.9 Å². The van der Waals surface area contributed by atoms with E-state index in [2.05, 4.69) is 15.9 Å². The second-order valence-corrected chi connectivity index (χ2v) is 6.28. The van der Waals surface area contributed by atoms with E-state index in [0.717, 1.165) is 4.47 Å². The largest absolute Gasteiger partial charge is 0.452 e. The van der Waals surface area contributed by atoms with Crippen LogP contribution in [0.25, 0.3) is 0 Å². The Bertz CT molecular complexity index is 591. The normalized spacial score (nSPS) is 17.3. The van der Waals surface area contributed by atoms with E-state index in [1.54, 1.807) is 35.8 Å². The molecule has 0 radical (unpaired) electrons. The number of hydrogen-bond acceptors (Lipinski definition) is 4. The van der Waals surface area contributed by atoms with Gasteiger partial charge in [-0.2, -0.15) is 0 Å². The number of fused-ring (bicyclic) bond motifs is 1. The van der Waals surface area contributed by atoms with Crippen LogP contribution in [-0.2, 0) is 9.47 Å². The summed E-state index contributed by atoms with van der Waals surface area (Å²) in [5.41, 5.74) is 1.23. The van der Waals surface area contributed by atoms with Gasteiger partial charge in [-0.1, -0.05) is 15.9 Å². The molecule has 1 atom stereocenters. The average Bonchev–Trinajstić information content (AvgIpc) is 2.45. The van der Waals surface area contributed by atoms with E-state index in [1.165, 1.54) is 7.11 Å². The van der Waals surface area contributed by atoms with E-state index in [-0.39, 0.29) is 12.1 Å². The van der Waals surface area contributed by atoms with Crippen LogP contribution in [0.5, 0.6) is 0 Å². The summed E-state index contributed by atoms with van der Waals surface area (Å²) in [6.07, 6.45) is -1.09. The van der Waals surface area contributed by atoms with Crippen molar-refractivity contribution in [3.05, 3.63) is 22.7 Å². The SMILES string of the molecule is COC(=O)N1c2ccc(Br)cc2N(C(=O)OC(C)C)C[C@@H]1C. The van der Waals surface area contributed by atoms with E-state index in [4.69, 9.17) is 9.47 Å². The third-order valence-corrected chi connectivity index (χ3v) is 3.80. The molecule has 1 aliphatic heterocycles. The lowest BCUT2D eigenvalue weighted by Gasteiger charge is -2.39. The van der Waals surface area contributed by atoms with E-state index in [9.17, 15) is 9.59 Å². The van der Waals surface area contributed by atoms with Crippen molar-refractivity contribution in [3.63, 3.8) is 0 Å². The lowest BCUT2D eigenvalue weighted by molar-refractivity contribution is 0.121. The van der Waals surface area contributed by atoms with Crippen molar-refractivity contribution < 1.29 is 19.1 Å². The highest BCUT2D eigenvalue weighted by Gasteiger charge is 2.36. The Kier molecular flexibility index (Phi) is 4.95. The molecule has 0 bridgehead atoms. The number of amides is 2.